The van der Waals surface area contributed by atoms with Gasteiger partial charge in [0.1, 0.15) is 17.1 Å². The van der Waals surface area contributed by atoms with Gasteiger partial charge in [-0.1, -0.05) is 13.0 Å². The lowest BCUT2D eigenvalue weighted by atomic mass is 10.1. The van der Waals surface area contributed by atoms with E-state index in [2.05, 4.69) is 6.92 Å². The predicted octanol–water partition coefficient (Wildman–Crippen LogP) is 1.58. The van der Waals surface area contributed by atoms with Crippen molar-refractivity contribution in [1.29, 1.82) is 0 Å². The van der Waals surface area contributed by atoms with Crippen LogP contribution in [0.5, 0.6) is 11.5 Å². The fraction of sp³-hybridized carbons (Fsp3) is 0.417. The number of benzene rings is 1. The maximum atomic E-state index is 12.0. The molecule has 0 saturated carbocycles. The molecule has 2 rings (SSSR count). The summed E-state index contributed by atoms with van der Waals surface area (Å²) in [6.07, 6.45) is 0.972. The molecule has 0 spiro atoms. The number of hydrogen-bond acceptors (Lipinski definition) is 3. The summed E-state index contributed by atoms with van der Waals surface area (Å²) in [4.78, 5) is 13.7. The summed E-state index contributed by atoms with van der Waals surface area (Å²) in [5.74, 6) is -0.133. The van der Waals surface area contributed by atoms with E-state index in [1.165, 1.54) is 18.2 Å². The Morgan fingerprint density at radius 3 is 2.50 bits per heavy atom. The lowest BCUT2D eigenvalue weighted by molar-refractivity contribution is 0.0782. The van der Waals surface area contributed by atoms with Gasteiger partial charge in [0.25, 0.3) is 5.91 Å². The van der Waals surface area contributed by atoms with Gasteiger partial charge in [-0.3, -0.25) is 4.79 Å². The van der Waals surface area contributed by atoms with Gasteiger partial charge < -0.3 is 15.1 Å². The van der Waals surface area contributed by atoms with Gasteiger partial charge >= 0.3 is 0 Å². The van der Waals surface area contributed by atoms with Crippen molar-refractivity contribution in [1.82, 2.24) is 4.90 Å². The minimum absolute atomic E-state index is 0.0107. The van der Waals surface area contributed by atoms with Crippen LogP contribution in [-0.4, -0.2) is 34.1 Å². The molecule has 86 valence electrons. The van der Waals surface area contributed by atoms with E-state index in [1.807, 2.05) is 0 Å². The van der Waals surface area contributed by atoms with Crippen molar-refractivity contribution in [2.45, 2.75) is 13.3 Å². The van der Waals surface area contributed by atoms with Crippen LogP contribution in [-0.2, 0) is 0 Å². The summed E-state index contributed by atoms with van der Waals surface area (Å²) in [6, 6.07) is 4.33. The van der Waals surface area contributed by atoms with Gasteiger partial charge in [0.15, 0.2) is 0 Å². The average Bonchev–Trinajstić information content (AvgIpc) is 2.64. The van der Waals surface area contributed by atoms with Crippen LogP contribution in [0.1, 0.15) is 23.7 Å². The van der Waals surface area contributed by atoms with E-state index in [0.29, 0.717) is 19.0 Å². The minimum atomic E-state index is -0.292. The molecule has 2 N–H and O–H groups in total. The number of likely N-dealkylation sites (tertiary alicyclic amines) is 1. The number of hydrogen-bond donors (Lipinski definition) is 2. The van der Waals surface area contributed by atoms with Gasteiger partial charge in [-0.2, -0.15) is 0 Å². The highest BCUT2D eigenvalue weighted by molar-refractivity contribution is 5.99. The molecule has 1 heterocycles. The summed E-state index contributed by atoms with van der Waals surface area (Å²) in [6.45, 7) is 3.46. The van der Waals surface area contributed by atoms with Gasteiger partial charge in [0.05, 0.1) is 0 Å². The van der Waals surface area contributed by atoms with E-state index in [9.17, 15) is 15.0 Å². The largest absolute Gasteiger partial charge is 0.507 e. The van der Waals surface area contributed by atoms with Gasteiger partial charge in [-0.05, 0) is 24.5 Å². The number of carbonyl (C=O) groups excluding carboxylic acids is 1. The maximum absolute atomic E-state index is 12.0. The monoisotopic (exact) mass is 221 g/mol. The summed E-state index contributed by atoms with van der Waals surface area (Å²) in [7, 11) is 0. The fourth-order valence-electron chi connectivity index (χ4n) is 2.02. The quantitative estimate of drug-likeness (QED) is 0.756. The van der Waals surface area contributed by atoms with Crippen molar-refractivity contribution < 1.29 is 15.0 Å². The first-order valence-electron chi connectivity index (χ1n) is 5.40. The Kier molecular flexibility index (Phi) is 2.73. The number of phenols is 2. The first-order valence-corrected chi connectivity index (χ1v) is 5.40. The zero-order valence-corrected chi connectivity index (χ0v) is 9.18. The topological polar surface area (TPSA) is 60.8 Å². The highest BCUT2D eigenvalue weighted by atomic mass is 16.3. The summed E-state index contributed by atoms with van der Waals surface area (Å²) < 4.78 is 0. The molecule has 0 bridgehead atoms. The molecule has 16 heavy (non-hydrogen) atoms. The van der Waals surface area contributed by atoms with E-state index in [1.54, 1.807) is 4.90 Å². The Bertz CT molecular complexity index is 396. The van der Waals surface area contributed by atoms with Crippen LogP contribution >= 0.6 is 0 Å². The highest BCUT2D eigenvalue weighted by Gasteiger charge is 2.27. The second kappa shape index (κ2) is 4.04. The minimum Gasteiger partial charge on any atom is -0.507 e. The zero-order chi connectivity index (χ0) is 11.7. The van der Waals surface area contributed by atoms with Crippen LogP contribution in [0, 0.1) is 5.92 Å². The average molecular weight is 221 g/mol. The number of carbonyl (C=O) groups is 1. The van der Waals surface area contributed by atoms with Crippen LogP contribution in [0.4, 0.5) is 0 Å². The number of amides is 1. The number of nitrogens with zero attached hydrogens (tertiary/aromatic N) is 1. The Hall–Kier alpha value is -1.71. The Labute approximate surface area is 94.1 Å². The van der Waals surface area contributed by atoms with Gasteiger partial charge in [-0.15, -0.1) is 0 Å². The summed E-state index contributed by atoms with van der Waals surface area (Å²) in [5.41, 5.74) is 0.0107. The van der Waals surface area contributed by atoms with Crippen molar-refractivity contribution in [2.75, 3.05) is 13.1 Å². The molecule has 0 radical (unpaired) electrons. The Balaban J connectivity index is 2.27. The normalized spacial score (nSPS) is 20.1. The smallest absolute Gasteiger partial charge is 0.261 e. The Morgan fingerprint density at radius 2 is 2.00 bits per heavy atom. The Morgan fingerprint density at radius 1 is 1.38 bits per heavy atom. The molecule has 4 nitrogen and oxygen atoms in total. The molecular formula is C12H15NO3. The molecule has 1 saturated heterocycles. The summed E-state index contributed by atoms with van der Waals surface area (Å²) in [5, 5.41) is 19.2. The molecule has 0 aromatic heterocycles. The highest BCUT2D eigenvalue weighted by Crippen LogP contribution is 2.29. The van der Waals surface area contributed by atoms with E-state index >= 15 is 0 Å². The van der Waals surface area contributed by atoms with Crippen LogP contribution in [0.3, 0.4) is 0 Å². The van der Waals surface area contributed by atoms with Crippen LogP contribution < -0.4 is 0 Å². The molecule has 1 amide bonds. The zero-order valence-electron chi connectivity index (χ0n) is 9.18. The lowest BCUT2D eigenvalue weighted by Crippen LogP contribution is -2.28. The maximum Gasteiger partial charge on any atom is 0.261 e. The third-order valence-corrected chi connectivity index (χ3v) is 2.95. The number of rotatable bonds is 1. The van der Waals surface area contributed by atoms with Crippen LogP contribution in [0.25, 0.3) is 0 Å². The van der Waals surface area contributed by atoms with Crippen molar-refractivity contribution >= 4 is 5.91 Å². The second-order valence-electron chi connectivity index (χ2n) is 4.32. The SMILES string of the molecule is CC1CCN(C(=O)c2c(O)cccc2O)C1. The van der Waals surface area contributed by atoms with Gasteiger partial charge in [-0.25, -0.2) is 0 Å². The molecule has 1 atom stereocenters. The second-order valence-corrected chi connectivity index (χ2v) is 4.32. The van der Waals surface area contributed by atoms with E-state index in [0.717, 1.165) is 6.42 Å². The van der Waals surface area contributed by atoms with Crippen LogP contribution in [0.2, 0.25) is 0 Å². The molecule has 0 aliphatic carbocycles. The van der Waals surface area contributed by atoms with E-state index < -0.39 is 0 Å². The molecule has 4 heteroatoms. The molecular weight excluding hydrogens is 206 g/mol. The first-order chi connectivity index (χ1) is 7.59. The molecule has 1 aromatic rings. The van der Waals surface area contributed by atoms with Gasteiger partial charge in [0, 0.05) is 13.1 Å². The number of aromatic hydroxyl groups is 2. The van der Waals surface area contributed by atoms with Crippen molar-refractivity contribution in [3.63, 3.8) is 0 Å². The molecule has 1 aromatic carbocycles. The summed E-state index contributed by atoms with van der Waals surface area (Å²) >= 11 is 0. The predicted molar refractivity (Wildman–Crippen MR) is 59.5 cm³/mol. The van der Waals surface area contributed by atoms with Crippen molar-refractivity contribution in [2.24, 2.45) is 5.92 Å². The molecule has 1 aliphatic rings. The third kappa shape index (κ3) is 1.83. The fourth-order valence-corrected chi connectivity index (χ4v) is 2.02. The van der Waals surface area contributed by atoms with E-state index in [4.69, 9.17) is 0 Å². The number of phenolic OH excluding ortho intramolecular Hbond substituents is 2. The third-order valence-electron chi connectivity index (χ3n) is 2.95. The lowest BCUT2D eigenvalue weighted by Gasteiger charge is -2.17. The molecule has 1 aliphatic heterocycles. The van der Waals surface area contributed by atoms with E-state index in [-0.39, 0.29) is 23.0 Å². The molecule has 1 unspecified atom stereocenters. The van der Waals surface area contributed by atoms with Crippen molar-refractivity contribution in [3.8, 4) is 11.5 Å². The first kappa shape index (κ1) is 10.8. The van der Waals surface area contributed by atoms with Gasteiger partial charge in [0.2, 0.25) is 0 Å². The standard InChI is InChI=1S/C12H15NO3/c1-8-5-6-13(7-8)12(16)11-9(14)3-2-4-10(11)15/h2-4,8,14-15H,5-7H2,1H3. The van der Waals surface area contributed by atoms with Crippen molar-refractivity contribution in [3.05, 3.63) is 23.8 Å². The molecule has 1 fully saturated rings. The van der Waals surface area contributed by atoms with Crippen LogP contribution in [0.15, 0.2) is 18.2 Å².